The van der Waals surface area contributed by atoms with Crippen molar-refractivity contribution >= 4 is 5.78 Å². The van der Waals surface area contributed by atoms with Crippen LogP contribution < -0.4 is 5.32 Å². The van der Waals surface area contributed by atoms with Crippen LogP contribution in [0.3, 0.4) is 0 Å². The Morgan fingerprint density at radius 1 is 1.71 bits per heavy atom. The highest BCUT2D eigenvalue weighted by atomic mass is 16.1. The van der Waals surface area contributed by atoms with Crippen molar-refractivity contribution in [2.75, 3.05) is 6.54 Å². The quantitative estimate of drug-likeness (QED) is 0.458. The maximum atomic E-state index is 10.3. The molecule has 2 radical (unpaired) electrons. The fourth-order valence-corrected chi connectivity index (χ4v) is 0.529. The van der Waals surface area contributed by atoms with E-state index in [0.717, 1.165) is 6.54 Å². The van der Waals surface area contributed by atoms with Gasteiger partial charge in [-0.1, -0.05) is 0 Å². The van der Waals surface area contributed by atoms with Crippen LogP contribution in [0.4, 0.5) is 0 Å². The van der Waals surface area contributed by atoms with Gasteiger partial charge in [0, 0.05) is 6.42 Å². The summed E-state index contributed by atoms with van der Waals surface area (Å²) in [5, 5.41) is 2.80. The molecule has 0 saturated carbocycles. The molecule has 7 heavy (non-hydrogen) atoms. The second kappa shape index (κ2) is 2.07. The molecule has 0 unspecified atom stereocenters. The maximum absolute atomic E-state index is 10.3. The van der Waals surface area contributed by atoms with Crippen LogP contribution >= 0.6 is 0 Å². The number of piperidine rings is 1. The number of hydrogen-bond donors (Lipinski definition) is 1. The van der Waals surface area contributed by atoms with Crippen molar-refractivity contribution in [2.24, 2.45) is 0 Å². The van der Waals surface area contributed by atoms with Gasteiger partial charge in [0.25, 0.3) is 0 Å². The Kier molecular flexibility index (Phi) is 1.42. The van der Waals surface area contributed by atoms with Crippen molar-refractivity contribution in [1.82, 2.24) is 5.32 Å². The lowest BCUT2D eigenvalue weighted by molar-refractivity contribution is -0.116. The highest BCUT2D eigenvalue weighted by Gasteiger charge is 2.05. The fourth-order valence-electron chi connectivity index (χ4n) is 0.529. The zero-order chi connectivity index (χ0) is 5.11. The van der Waals surface area contributed by atoms with E-state index in [9.17, 15) is 4.79 Å². The Hall–Kier alpha value is -0.370. The first-order chi connectivity index (χ1) is 3.39. The van der Waals surface area contributed by atoms with Gasteiger partial charge < -0.3 is 5.32 Å². The van der Waals surface area contributed by atoms with Crippen molar-refractivity contribution < 1.29 is 4.79 Å². The first kappa shape index (κ1) is 4.78. The lowest BCUT2D eigenvalue weighted by atomic mass is 10.1. The Morgan fingerprint density at radius 2 is 2.57 bits per heavy atom. The summed E-state index contributed by atoms with van der Waals surface area (Å²) in [5.41, 5.74) is 0. The second-order valence-electron chi connectivity index (χ2n) is 1.51. The highest BCUT2D eigenvalue weighted by molar-refractivity contribution is 5.88. The maximum Gasteiger partial charge on any atom is 0.152 e. The van der Waals surface area contributed by atoms with E-state index in [1.165, 1.54) is 6.54 Å². The monoisotopic (exact) mass is 97.1 g/mol. The van der Waals surface area contributed by atoms with Crippen molar-refractivity contribution in [2.45, 2.75) is 6.42 Å². The predicted molar refractivity (Wildman–Crippen MR) is 26.2 cm³/mol. The summed E-state index contributed by atoms with van der Waals surface area (Å²) < 4.78 is 0. The molecule has 38 valence electrons. The van der Waals surface area contributed by atoms with Gasteiger partial charge >= 0.3 is 0 Å². The largest absolute Gasteiger partial charge is 0.306 e. The SMILES string of the molecule is O=C1[CH]NC[CH]C1. The number of carbonyl (C=O) groups is 1. The molecule has 2 nitrogen and oxygen atoms in total. The van der Waals surface area contributed by atoms with Crippen molar-refractivity contribution in [1.29, 1.82) is 0 Å². The lowest BCUT2D eigenvalue weighted by Crippen LogP contribution is -2.24. The summed E-state index contributed by atoms with van der Waals surface area (Å²) in [7, 11) is 0. The lowest BCUT2D eigenvalue weighted by Gasteiger charge is -2.06. The number of Topliss-reactive ketones (excluding diaryl/α,β-unsaturated/α-hetero) is 1. The third-order valence-corrected chi connectivity index (χ3v) is 0.871. The van der Waals surface area contributed by atoms with Crippen LogP contribution in [0, 0.1) is 13.0 Å². The molecule has 1 aliphatic rings. The topological polar surface area (TPSA) is 29.1 Å². The fraction of sp³-hybridized carbons (Fsp3) is 0.400. The van der Waals surface area contributed by atoms with Gasteiger partial charge in [0.2, 0.25) is 0 Å². The number of nitrogens with one attached hydrogen (secondary N) is 1. The molecule has 1 fully saturated rings. The van der Waals surface area contributed by atoms with Crippen LogP contribution in [0.1, 0.15) is 6.42 Å². The summed E-state index contributed by atoms with van der Waals surface area (Å²) in [6.45, 7) is 2.35. The number of hydrogen-bond acceptors (Lipinski definition) is 2. The molecule has 0 aliphatic carbocycles. The molecule has 1 saturated heterocycles. The van der Waals surface area contributed by atoms with E-state index in [1.54, 1.807) is 0 Å². The first-order valence-corrected chi connectivity index (χ1v) is 2.31. The molecule has 0 aromatic carbocycles. The minimum Gasteiger partial charge on any atom is -0.306 e. The van der Waals surface area contributed by atoms with Gasteiger partial charge in [0.15, 0.2) is 5.78 Å². The van der Waals surface area contributed by atoms with Gasteiger partial charge in [-0.25, -0.2) is 0 Å². The number of carbonyl (C=O) groups excluding carboxylic acids is 1. The smallest absolute Gasteiger partial charge is 0.152 e. The van der Waals surface area contributed by atoms with E-state index in [0.29, 0.717) is 6.42 Å². The normalized spacial score (nSPS) is 22.6. The predicted octanol–water partition coefficient (Wildman–Crippen LogP) is -0.0851. The molecule has 0 aromatic heterocycles. The molecule has 0 spiro atoms. The number of rotatable bonds is 0. The molecular weight excluding hydrogens is 90.1 g/mol. The van der Waals surface area contributed by atoms with Gasteiger partial charge in [-0.3, -0.25) is 4.79 Å². The average Bonchev–Trinajstić information content (AvgIpc) is 1.69. The van der Waals surface area contributed by atoms with E-state index in [4.69, 9.17) is 0 Å². The summed E-state index contributed by atoms with van der Waals surface area (Å²) in [4.78, 5) is 10.3. The Balaban J connectivity index is 2.25. The van der Waals surface area contributed by atoms with Crippen LogP contribution in [-0.4, -0.2) is 12.3 Å². The summed E-state index contributed by atoms with van der Waals surface area (Å²) in [6.07, 6.45) is 2.52. The van der Waals surface area contributed by atoms with Crippen LogP contribution in [0.15, 0.2) is 0 Å². The molecule has 2 heteroatoms. The van der Waals surface area contributed by atoms with E-state index in [-0.39, 0.29) is 5.78 Å². The minimum atomic E-state index is 0.172. The zero-order valence-electron chi connectivity index (χ0n) is 3.98. The van der Waals surface area contributed by atoms with E-state index < -0.39 is 0 Å². The molecule has 1 heterocycles. The third kappa shape index (κ3) is 1.27. The van der Waals surface area contributed by atoms with Crippen molar-refractivity contribution in [3.63, 3.8) is 0 Å². The molecule has 0 aromatic rings. The average molecular weight is 97.1 g/mol. The molecule has 1 aliphatic heterocycles. The van der Waals surface area contributed by atoms with Gasteiger partial charge in [0.05, 0.1) is 6.54 Å². The van der Waals surface area contributed by atoms with Gasteiger partial charge in [0.1, 0.15) is 0 Å². The molecule has 0 atom stereocenters. The Bertz CT molecular complexity index is 72.1. The number of ketones is 1. The van der Waals surface area contributed by atoms with Gasteiger partial charge in [-0.05, 0) is 13.0 Å². The molecule has 1 N–H and O–H groups in total. The van der Waals surface area contributed by atoms with Crippen LogP contribution in [-0.2, 0) is 4.79 Å². The molecule has 1 rings (SSSR count). The van der Waals surface area contributed by atoms with Crippen molar-refractivity contribution in [3.05, 3.63) is 13.0 Å². The standard InChI is InChI=1S/C5H7NO/c7-5-2-1-3-6-4-5/h1,4,6H,2-3H2. The van der Waals surface area contributed by atoms with Gasteiger partial charge in [-0.15, -0.1) is 0 Å². The van der Waals surface area contributed by atoms with E-state index in [2.05, 4.69) is 5.32 Å². The first-order valence-electron chi connectivity index (χ1n) is 2.31. The van der Waals surface area contributed by atoms with Gasteiger partial charge in [-0.2, -0.15) is 0 Å². The van der Waals surface area contributed by atoms with E-state index >= 15 is 0 Å². The summed E-state index contributed by atoms with van der Waals surface area (Å²) in [6, 6.07) is 0. The molecular formula is C5H7NO. The van der Waals surface area contributed by atoms with E-state index in [1.807, 2.05) is 6.42 Å². The summed E-state index contributed by atoms with van der Waals surface area (Å²) >= 11 is 0. The molecule has 0 amide bonds. The Morgan fingerprint density at radius 3 is 2.86 bits per heavy atom. The minimum absolute atomic E-state index is 0.172. The Labute approximate surface area is 42.9 Å². The third-order valence-electron chi connectivity index (χ3n) is 0.871. The summed E-state index contributed by atoms with van der Waals surface area (Å²) in [5.74, 6) is 0.172. The van der Waals surface area contributed by atoms with Crippen LogP contribution in [0.25, 0.3) is 0 Å². The highest BCUT2D eigenvalue weighted by Crippen LogP contribution is 1.94. The van der Waals surface area contributed by atoms with Crippen LogP contribution in [0.2, 0.25) is 0 Å². The van der Waals surface area contributed by atoms with Crippen molar-refractivity contribution in [3.8, 4) is 0 Å². The molecule has 0 bridgehead atoms. The zero-order valence-corrected chi connectivity index (χ0v) is 3.98. The second-order valence-corrected chi connectivity index (χ2v) is 1.51. The van der Waals surface area contributed by atoms with Crippen LogP contribution in [0.5, 0.6) is 0 Å².